The maximum Gasteiger partial charge on any atom is 0.416 e. The molecule has 5 nitrogen and oxygen atoms in total. The summed E-state index contributed by atoms with van der Waals surface area (Å²) in [6, 6.07) is 7.25. The van der Waals surface area contributed by atoms with Crippen molar-refractivity contribution < 1.29 is 13.9 Å². The molecule has 0 spiro atoms. The average molecular weight is 349 g/mol. The summed E-state index contributed by atoms with van der Waals surface area (Å²) in [5.41, 5.74) is 2.12. The molecular weight excluding hydrogens is 329 g/mol. The minimum atomic E-state index is -1.78. The van der Waals surface area contributed by atoms with Gasteiger partial charge in [-0.1, -0.05) is 12.1 Å². The van der Waals surface area contributed by atoms with Gasteiger partial charge < -0.3 is 10.1 Å². The fraction of sp³-hybridized carbons (Fsp3) is 0.412. The van der Waals surface area contributed by atoms with E-state index in [1.165, 1.54) is 18.4 Å². The summed E-state index contributed by atoms with van der Waals surface area (Å²) in [7, 11) is 1.27. The van der Waals surface area contributed by atoms with Gasteiger partial charge in [0, 0.05) is 42.6 Å². The standard InChI is InChI=1S/C17H20FN3O2S/c1-12-11-24-15(20-12)13-5-3-4-6-14(13)21(16(22)23-2)17(18)7-9-19-10-8-17/h3-6,11,19H,7-10H2,1-2H3. The van der Waals surface area contributed by atoms with Gasteiger partial charge in [-0.05, 0) is 19.1 Å². The number of hydrogen-bond acceptors (Lipinski definition) is 5. The molecule has 0 atom stereocenters. The van der Waals surface area contributed by atoms with E-state index in [4.69, 9.17) is 4.74 Å². The van der Waals surface area contributed by atoms with Crippen LogP contribution < -0.4 is 10.2 Å². The zero-order valence-corrected chi connectivity index (χ0v) is 14.5. The van der Waals surface area contributed by atoms with Gasteiger partial charge >= 0.3 is 6.09 Å². The molecule has 24 heavy (non-hydrogen) atoms. The maximum atomic E-state index is 15.6. The molecule has 1 amide bonds. The van der Waals surface area contributed by atoms with E-state index in [1.807, 2.05) is 24.4 Å². The Hall–Kier alpha value is -1.99. The van der Waals surface area contributed by atoms with E-state index in [2.05, 4.69) is 10.3 Å². The van der Waals surface area contributed by atoms with Gasteiger partial charge in [-0.25, -0.2) is 19.1 Å². The zero-order valence-electron chi connectivity index (χ0n) is 13.7. The van der Waals surface area contributed by atoms with Crippen LogP contribution in [0.4, 0.5) is 14.9 Å². The van der Waals surface area contributed by atoms with Crippen molar-refractivity contribution in [3.63, 3.8) is 0 Å². The van der Waals surface area contributed by atoms with Gasteiger partial charge in [-0.3, -0.25) is 0 Å². The zero-order chi connectivity index (χ0) is 17.2. The third-order valence-corrected chi connectivity index (χ3v) is 5.12. The number of para-hydroxylation sites is 1. The van der Waals surface area contributed by atoms with Crippen LogP contribution >= 0.6 is 11.3 Å². The lowest BCUT2D eigenvalue weighted by Gasteiger charge is -2.39. The Labute approximate surface area is 144 Å². The number of halogens is 1. The lowest BCUT2D eigenvalue weighted by molar-refractivity contribution is 0.0960. The molecule has 128 valence electrons. The van der Waals surface area contributed by atoms with Gasteiger partial charge in [0.1, 0.15) is 5.01 Å². The van der Waals surface area contributed by atoms with Gasteiger partial charge in [0.2, 0.25) is 0 Å². The smallest absolute Gasteiger partial charge is 0.416 e. The van der Waals surface area contributed by atoms with Crippen molar-refractivity contribution in [2.75, 3.05) is 25.1 Å². The number of hydrogen-bond donors (Lipinski definition) is 1. The Bertz CT molecular complexity index is 728. The molecule has 2 aromatic rings. The molecule has 3 rings (SSSR count). The van der Waals surface area contributed by atoms with E-state index in [1.54, 1.807) is 12.1 Å². The number of benzene rings is 1. The van der Waals surface area contributed by atoms with Crippen molar-refractivity contribution >= 4 is 23.1 Å². The third kappa shape index (κ3) is 3.14. The molecule has 7 heteroatoms. The number of aromatic nitrogens is 1. The summed E-state index contributed by atoms with van der Waals surface area (Å²) in [5, 5.41) is 5.82. The largest absolute Gasteiger partial charge is 0.452 e. The highest BCUT2D eigenvalue weighted by molar-refractivity contribution is 7.13. The highest BCUT2D eigenvalue weighted by atomic mass is 32.1. The van der Waals surface area contributed by atoms with Crippen molar-refractivity contribution in [3.8, 4) is 10.6 Å². The quantitative estimate of drug-likeness (QED) is 0.858. The van der Waals surface area contributed by atoms with E-state index < -0.39 is 11.9 Å². The van der Waals surface area contributed by atoms with Crippen LogP contribution in [0.5, 0.6) is 0 Å². The van der Waals surface area contributed by atoms with Gasteiger partial charge in [0.25, 0.3) is 0 Å². The molecule has 1 saturated heterocycles. The molecule has 1 N–H and O–H groups in total. The second-order valence-corrected chi connectivity index (χ2v) is 6.64. The highest BCUT2D eigenvalue weighted by Crippen LogP contribution is 2.40. The van der Waals surface area contributed by atoms with Gasteiger partial charge in [-0.2, -0.15) is 0 Å². The number of piperidine rings is 1. The third-order valence-electron chi connectivity index (χ3n) is 4.12. The molecule has 0 unspecified atom stereocenters. The lowest BCUT2D eigenvalue weighted by atomic mass is 10.00. The summed E-state index contributed by atoms with van der Waals surface area (Å²) >= 11 is 1.47. The number of thiazole rings is 1. The first kappa shape index (κ1) is 16.9. The summed E-state index contributed by atoms with van der Waals surface area (Å²) in [6.07, 6.45) is -0.263. The monoisotopic (exact) mass is 349 g/mol. The number of nitrogens with one attached hydrogen (secondary N) is 1. The van der Waals surface area contributed by atoms with Crippen LogP contribution in [-0.2, 0) is 4.74 Å². The molecular formula is C17H20FN3O2S. The Morgan fingerprint density at radius 3 is 2.71 bits per heavy atom. The number of nitrogens with zero attached hydrogens (tertiary/aromatic N) is 2. The van der Waals surface area contributed by atoms with Crippen LogP contribution in [0.3, 0.4) is 0 Å². The Morgan fingerprint density at radius 1 is 1.38 bits per heavy atom. The Morgan fingerprint density at radius 2 is 2.08 bits per heavy atom. The molecule has 1 aliphatic rings. The summed E-state index contributed by atoms with van der Waals surface area (Å²) in [6.45, 7) is 2.94. The number of alkyl halides is 1. The topological polar surface area (TPSA) is 54.5 Å². The number of carbonyl (C=O) groups excluding carboxylic acids is 1. The minimum absolute atomic E-state index is 0.216. The van der Waals surface area contributed by atoms with Crippen molar-refractivity contribution in [1.82, 2.24) is 10.3 Å². The number of rotatable bonds is 3. The summed E-state index contributed by atoms with van der Waals surface area (Å²) in [5.74, 6) is -1.78. The van der Waals surface area contributed by atoms with Gasteiger partial charge in [0.15, 0.2) is 5.79 Å². The molecule has 0 radical (unpaired) electrons. The first-order valence-electron chi connectivity index (χ1n) is 7.84. The number of aryl methyl sites for hydroxylation is 1. The molecule has 1 fully saturated rings. The fourth-order valence-electron chi connectivity index (χ4n) is 2.93. The molecule has 2 heterocycles. The SMILES string of the molecule is COC(=O)N(c1ccccc1-c1nc(C)cs1)C1(F)CCNCC1. The van der Waals surface area contributed by atoms with E-state index >= 15 is 4.39 Å². The fourth-order valence-corrected chi connectivity index (χ4v) is 3.76. The number of amides is 1. The minimum Gasteiger partial charge on any atom is -0.452 e. The average Bonchev–Trinajstić information content (AvgIpc) is 3.02. The van der Waals surface area contributed by atoms with Crippen LogP contribution in [0.25, 0.3) is 10.6 Å². The predicted octanol–water partition coefficient (Wildman–Crippen LogP) is 3.74. The van der Waals surface area contributed by atoms with Crippen molar-refractivity contribution in [2.24, 2.45) is 0 Å². The van der Waals surface area contributed by atoms with E-state index in [9.17, 15) is 4.79 Å². The number of carbonyl (C=O) groups is 1. The molecule has 1 aromatic carbocycles. The molecule has 0 bridgehead atoms. The number of anilines is 1. The molecule has 0 saturated carbocycles. The van der Waals surface area contributed by atoms with Crippen molar-refractivity contribution in [1.29, 1.82) is 0 Å². The normalized spacial score (nSPS) is 16.6. The van der Waals surface area contributed by atoms with E-state index in [0.29, 0.717) is 18.8 Å². The molecule has 1 aromatic heterocycles. The summed E-state index contributed by atoms with van der Waals surface area (Å²) in [4.78, 5) is 18.1. The van der Waals surface area contributed by atoms with Crippen molar-refractivity contribution in [2.45, 2.75) is 25.6 Å². The highest BCUT2D eigenvalue weighted by Gasteiger charge is 2.43. The van der Waals surface area contributed by atoms with Crippen molar-refractivity contribution in [3.05, 3.63) is 35.3 Å². The Kier molecular flexibility index (Phi) is 4.82. The van der Waals surface area contributed by atoms with Crippen LogP contribution in [-0.4, -0.2) is 37.1 Å². The number of methoxy groups -OCH3 is 1. The van der Waals surface area contributed by atoms with Gasteiger partial charge in [0.05, 0.1) is 12.8 Å². The lowest BCUT2D eigenvalue weighted by Crippen LogP contribution is -2.54. The number of ether oxygens (including phenoxy) is 1. The van der Waals surface area contributed by atoms with E-state index in [-0.39, 0.29) is 12.8 Å². The van der Waals surface area contributed by atoms with Crippen LogP contribution in [0.1, 0.15) is 18.5 Å². The maximum absolute atomic E-state index is 15.6. The first-order chi connectivity index (χ1) is 11.5. The van der Waals surface area contributed by atoms with Crippen LogP contribution in [0.15, 0.2) is 29.6 Å². The molecule has 1 aliphatic heterocycles. The predicted molar refractivity (Wildman–Crippen MR) is 93.1 cm³/mol. The van der Waals surface area contributed by atoms with Crippen LogP contribution in [0.2, 0.25) is 0 Å². The van der Waals surface area contributed by atoms with Gasteiger partial charge in [-0.15, -0.1) is 11.3 Å². The van der Waals surface area contributed by atoms with E-state index in [0.717, 1.165) is 21.2 Å². The van der Waals surface area contributed by atoms with Crippen LogP contribution in [0, 0.1) is 6.92 Å². The molecule has 0 aliphatic carbocycles. The second-order valence-electron chi connectivity index (χ2n) is 5.78. The Balaban J connectivity index is 2.10. The summed E-state index contributed by atoms with van der Waals surface area (Å²) < 4.78 is 20.5. The first-order valence-corrected chi connectivity index (χ1v) is 8.72. The second kappa shape index (κ2) is 6.86.